The average molecular weight is 376 g/mol. The maximum absolute atomic E-state index is 12.3. The van der Waals surface area contributed by atoms with Gasteiger partial charge in [0.1, 0.15) is 0 Å². The Bertz CT molecular complexity index is 624. The van der Waals surface area contributed by atoms with Gasteiger partial charge >= 0.3 is 5.97 Å². The van der Waals surface area contributed by atoms with Crippen LogP contribution >= 0.6 is 15.9 Å². The van der Waals surface area contributed by atoms with Crippen molar-refractivity contribution in [1.29, 1.82) is 0 Å². The van der Waals surface area contributed by atoms with Crippen molar-refractivity contribution in [2.24, 2.45) is 5.41 Å². The van der Waals surface area contributed by atoms with Crippen molar-refractivity contribution in [3.05, 3.63) is 28.7 Å². The molecule has 1 aliphatic rings. The minimum atomic E-state index is -3.72. The molecule has 1 aromatic rings. The monoisotopic (exact) mass is 375 g/mol. The number of aliphatic carboxylic acids is 1. The molecule has 0 unspecified atom stereocenters. The molecule has 1 aliphatic carbocycles. The molecule has 7 heteroatoms. The Morgan fingerprint density at radius 1 is 1.24 bits per heavy atom. The lowest BCUT2D eigenvalue weighted by molar-refractivity contribution is -0.150. The molecule has 2 N–H and O–H groups in total. The van der Waals surface area contributed by atoms with Gasteiger partial charge < -0.3 is 5.11 Å². The number of carbonyl (C=O) groups is 1. The summed E-state index contributed by atoms with van der Waals surface area (Å²) in [7, 11) is -3.72. The van der Waals surface area contributed by atoms with Gasteiger partial charge in [-0.25, -0.2) is 13.1 Å². The standard InChI is InChI=1S/C14H18BrNO4S/c15-11-6-2-3-7-12(11)21(19,20)16-10-14(13(17)18)8-4-1-5-9-14/h2-3,6-7,16H,1,4-5,8-10H2,(H,17,18). The molecule has 0 heterocycles. The summed E-state index contributed by atoms with van der Waals surface area (Å²) < 4.78 is 27.6. The number of halogens is 1. The van der Waals surface area contributed by atoms with E-state index in [1.807, 2.05) is 0 Å². The molecule has 116 valence electrons. The van der Waals surface area contributed by atoms with Gasteiger partial charge in [0.15, 0.2) is 0 Å². The summed E-state index contributed by atoms with van der Waals surface area (Å²) >= 11 is 3.20. The summed E-state index contributed by atoms with van der Waals surface area (Å²) in [6.45, 7) is -0.0635. The van der Waals surface area contributed by atoms with E-state index in [1.54, 1.807) is 18.2 Å². The van der Waals surface area contributed by atoms with Crippen LogP contribution in [0.2, 0.25) is 0 Å². The van der Waals surface area contributed by atoms with Crippen molar-refractivity contribution < 1.29 is 18.3 Å². The lowest BCUT2D eigenvalue weighted by atomic mass is 9.74. The highest BCUT2D eigenvalue weighted by Crippen LogP contribution is 2.36. The molecule has 0 saturated heterocycles. The Labute approximate surface area is 132 Å². The highest BCUT2D eigenvalue weighted by atomic mass is 79.9. The first-order valence-corrected chi connectivity index (χ1v) is 9.13. The van der Waals surface area contributed by atoms with Crippen LogP contribution in [0.1, 0.15) is 32.1 Å². The van der Waals surface area contributed by atoms with Gasteiger partial charge in [0, 0.05) is 11.0 Å². The third-order valence-electron chi connectivity index (χ3n) is 3.99. The van der Waals surface area contributed by atoms with Gasteiger partial charge in [0.05, 0.1) is 10.3 Å². The molecule has 0 bridgehead atoms. The summed E-state index contributed by atoms with van der Waals surface area (Å²) in [6, 6.07) is 6.48. The number of sulfonamides is 1. The molecular weight excluding hydrogens is 358 g/mol. The molecule has 0 aliphatic heterocycles. The molecule has 2 rings (SSSR count). The fourth-order valence-corrected chi connectivity index (χ4v) is 4.80. The highest BCUT2D eigenvalue weighted by Gasteiger charge is 2.40. The lowest BCUT2D eigenvalue weighted by Gasteiger charge is -2.33. The molecule has 0 atom stereocenters. The number of carboxylic acid groups (broad SMARTS) is 1. The van der Waals surface area contributed by atoms with Gasteiger partial charge in [-0.05, 0) is 40.9 Å². The van der Waals surface area contributed by atoms with Crippen LogP contribution in [0.5, 0.6) is 0 Å². The average Bonchev–Trinajstić information content (AvgIpc) is 2.46. The first kappa shape index (κ1) is 16.5. The number of nitrogens with one attached hydrogen (secondary N) is 1. The van der Waals surface area contributed by atoms with E-state index in [0.717, 1.165) is 19.3 Å². The first-order valence-electron chi connectivity index (χ1n) is 6.85. The molecule has 1 saturated carbocycles. The normalized spacial score (nSPS) is 18.3. The molecular formula is C14H18BrNO4S. The Morgan fingerprint density at radius 2 is 1.86 bits per heavy atom. The summed E-state index contributed by atoms with van der Waals surface area (Å²) in [4.78, 5) is 11.7. The van der Waals surface area contributed by atoms with E-state index in [-0.39, 0.29) is 11.4 Å². The Balaban J connectivity index is 2.17. The second kappa shape index (κ2) is 6.46. The van der Waals surface area contributed by atoms with Gasteiger partial charge in [-0.1, -0.05) is 31.4 Å². The van der Waals surface area contributed by atoms with Crippen molar-refractivity contribution in [2.45, 2.75) is 37.0 Å². The molecule has 21 heavy (non-hydrogen) atoms. The Morgan fingerprint density at radius 3 is 2.43 bits per heavy atom. The fraction of sp³-hybridized carbons (Fsp3) is 0.500. The molecule has 1 fully saturated rings. The minimum absolute atomic E-state index is 0.0635. The van der Waals surface area contributed by atoms with E-state index in [0.29, 0.717) is 17.3 Å². The molecule has 1 aromatic carbocycles. The number of hydrogen-bond acceptors (Lipinski definition) is 3. The predicted molar refractivity (Wildman–Crippen MR) is 82.5 cm³/mol. The summed E-state index contributed by atoms with van der Waals surface area (Å²) in [6.07, 6.45) is 3.68. The van der Waals surface area contributed by atoms with Crippen LogP contribution < -0.4 is 4.72 Å². The van der Waals surface area contributed by atoms with Crippen LogP contribution in [-0.4, -0.2) is 26.0 Å². The maximum atomic E-state index is 12.3. The number of benzene rings is 1. The van der Waals surface area contributed by atoms with E-state index in [4.69, 9.17) is 0 Å². The Kier molecular flexibility index (Phi) is 5.06. The van der Waals surface area contributed by atoms with Crippen molar-refractivity contribution in [2.75, 3.05) is 6.54 Å². The topological polar surface area (TPSA) is 83.5 Å². The van der Waals surface area contributed by atoms with Crippen molar-refractivity contribution in [3.8, 4) is 0 Å². The van der Waals surface area contributed by atoms with E-state index in [1.165, 1.54) is 6.07 Å². The van der Waals surface area contributed by atoms with Crippen LogP contribution in [0.4, 0.5) is 0 Å². The van der Waals surface area contributed by atoms with E-state index >= 15 is 0 Å². The third-order valence-corrected chi connectivity index (χ3v) is 6.40. The lowest BCUT2D eigenvalue weighted by Crippen LogP contribution is -2.44. The van der Waals surface area contributed by atoms with Gasteiger partial charge in [0.25, 0.3) is 0 Å². The van der Waals surface area contributed by atoms with E-state index < -0.39 is 21.4 Å². The van der Waals surface area contributed by atoms with Gasteiger partial charge in [-0.2, -0.15) is 0 Å². The summed E-state index contributed by atoms with van der Waals surface area (Å²) in [5, 5.41) is 9.47. The van der Waals surface area contributed by atoms with Crippen LogP contribution in [0.25, 0.3) is 0 Å². The predicted octanol–water partition coefficient (Wildman–Crippen LogP) is 2.76. The molecule has 0 amide bonds. The zero-order valence-electron chi connectivity index (χ0n) is 11.5. The van der Waals surface area contributed by atoms with Crippen LogP contribution in [0, 0.1) is 5.41 Å². The second-order valence-corrected chi connectivity index (χ2v) is 7.99. The van der Waals surface area contributed by atoms with Crippen LogP contribution in [-0.2, 0) is 14.8 Å². The van der Waals surface area contributed by atoms with Crippen LogP contribution in [0.3, 0.4) is 0 Å². The highest BCUT2D eigenvalue weighted by molar-refractivity contribution is 9.10. The van der Waals surface area contributed by atoms with Gasteiger partial charge in [-0.15, -0.1) is 0 Å². The van der Waals surface area contributed by atoms with Crippen molar-refractivity contribution in [1.82, 2.24) is 4.72 Å². The third kappa shape index (κ3) is 3.64. The summed E-state index contributed by atoms with van der Waals surface area (Å²) in [5.74, 6) is -0.919. The van der Waals surface area contributed by atoms with E-state index in [2.05, 4.69) is 20.7 Å². The largest absolute Gasteiger partial charge is 0.481 e. The quantitative estimate of drug-likeness (QED) is 0.828. The second-order valence-electron chi connectivity index (χ2n) is 5.40. The SMILES string of the molecule is O=C(O)C1(CNS(=O)(=O)c2ccccc2Br)CCCCC1. The Hall–Kier alpha value is -0.920. The van der Waals surface area contributed by atoms with Gasteiger partial charge in [0.2, 0.25) is 10.0 Å². The first-order chi connectivity index (χ1) is 9.87. The number of carboxylic acids is 1. The molecule has 0 radical (unpaired) electrons. The van der Waals surface area contributed by atoms with Crippen molar-refractivity contribution in [3.63, 3.8) is 0 Å². The number of rotatable bonds is 5. The van der Waals surface area contributed by atoms with Crippen LogP contribution in [0.15, 0.2) is 33.6 Å². The smallest absolute Gasteiger partial charge is 0.310 e. The minimum Gasteiger partial charge on any atom is -0.481 e. The summed E-state index contributed by atoms with van der Waals surface area (Å²) in [5.41, 5.74) is -0.980. The zero-order valence-corrected chi connectivity index (χ0v) is 13.9. The van der Waals surface area contributed by atoms with E-state index in [9.17, 15) is 18.3 Å². The molecule has 0 aromatic heterocycles. The van der Waals surface area contributed by atoms with Crippen molar-refractivity contribution >= 4 is 31.9 Å². The van der Waals surface area contributed by atoms with Gasteiger partial charge in [-0.3, -0.25) is 4.79 Å². The maximum Gasteiger partial charge on any atom is 0.310 e. The fourth-order valence-electron chi connectivity index (χ4n) is 2.67. The zero-order chi connectivity index (χ0) is 15.5. The number of hydrogen-bond donors (Lipinski definition) is 2. The molecule has 5 nitrogen and oxygen atoms in total. The molecule has 0 spiro atoms.